The van der Waals surface area contributed by atoms with Gasteiger partial charge in [-0.25, -0.2) is 0 Å². The Kier molecular flexibility index (Phi) is 4.81. The number of carbonyl (C=O) groups is 1. The molecule has 0 aromatic heterocycles. The zero-order chi connectivity index (χ0) is 12.3. The van der Waals surface area contributed by atoms with Crippen molar-refractivity contribution in [1.29, 1.82) is 0 Å². The van der Waals surface area contributed by atoms with Crippen LogP contribution in [-0.4, -0.2) is 19.0 Å². The van der Waals surface area contributed by atoms with E-state index < -0.39 is 0 Å². The van der Waals surface area contributed by atoms with Crippen molar-refractivity contribution < 1.29 is 4.79 Å². The fourth-order valence-electron chi connectivity index (χ4n) is 1.95. The largest absolute Gasteiger partial charge is 0.325 e. The van der Waals surface area contributed by atoms with E-state index in [4.69, 9.17) is 0 Å². The van der Waals surface area contributed by atoms with Gasteiger partial charge in [-0.05, 0) is 66.2 Å². The lowest BCUT2D eigenvalue weighted by molar-refractivity contribution is -0.116. The molecule has 1 unspecified atom stereocenters. The molecule has 0 spiro atoms. The van der Waals surface area contributed by atoms with Crippen molar-refractivity contribution in [2.45, 2.75) is 12.8 Å². The minimum absolute atomic E-state index is 0.106. The van der Waals surface area contributed by atoms with Crippen LogP contribution in [0.3, 0.4) is 0 Å². The van der Waals surface area contributed by atoms with Gasteiger partial charge in [0.05, 0.1) is 5.69 Å². The van der Waals surface area contributed by atoms with Crippen LogP contribution < -0.4 is 10.6 Å². The van der Waals surface area contributed by atoms with Gasteiger partial charge < -0.3 is 10.6 Å². The summed E-state index contributed by atoms with van der Waals surface area (Å²) in [6, 6.07) is 5.89. The molecule has 1 fully saturated rings. The Morgan fingerprint density at radius 1 is 1.59 bits per heavy atom. The van der Waals surface area contributed by atoms with Crippen LogP contribution in [0.5, 0.6) is 0 Å². The third-order valence-corrected chi connectivity index (χ3v) is 4.27. The molecular formula is C12H14BrIN2O. The summed E-state index contributed by atoms with van der Waals surface area (Å²) in [4.78, 5) is 11.9. The van der Waals surface area contributed by atoms with Crippen molar-refractivity contribution in [3.63, 3.8) is 0 Å². The van der Waals surface area contributed by atoms with Crippen LogP contribution in [0.4, 0.5) is 5.69 Å². The zero-order valence-corrected chi connectivity index (χ0v) is 13.0. The maximum atomic E-state index is 11.9. The smallest absolute Gasteiger partial charge is 0.224 e. The van der Waals surface area contributed by atoms with Gasteiger partial charge in [-0.15, -0.1) is 0 Å². The van der Waals surface area contributed by atoms with Crippen molar-refractivity contribution >= 4 is 50.1 Å². The summed E-state index contributed by atoms with van der Waals surface area (Å²) in [5.74, 6) is 0.592. The molecule has 1 aromatic carbocycles. The monoisotopic (exact) mass is 408 g/mol. The SMILES string of the molecule is O=C(CC1CCNC1)Nc1cc(Br)ccc1I. The molecular weight excluding hydrogens is 395 g/mol. The van der Waals surface area contributed by atoms with E-state index in [1.165, 1.54) is 0 Å². The molecule has 17 heavy (non-hydrogen) atoms. The lowest BCUT2D eigenvalue weighted by Crippen LogP contribution is -2.18. The van der Waals surface area contributed by atoms with Crippen molar-refractivity contribution in [3.8, 4) is 0 Å². The lowest BCUT2D eigenvalue weighted by atomic mass is 10.0. The molecule has 1 heterocycles. The highest BCUT2D eigenvalue weighted by molar-refractivity contribution is 14.1. The second-order valence-corrected chi connectivity index (χ2v) is 6.31. The van der Waals surface area contributed by atoms with Gasteiger partial charge >= 0.3 is 0 Å². The van der Waals surface area contributed by atoms with E-state index >= 15 is 0 Å². The molecule has 2 rings (SSSR count). The molecule has 0 aliphatic carbocycles. The number of amides is 1. The van der Waals surface area contributed by atoms with Crippen molar-refractivity contribution in [2.24, 2.45) is 5.92 Å². The highest BCUT2D eigenvalue weighted by Crippen LogP contribution is 2.23. The first kappa shape index (κ1) is 13.3. The summed E-state index contributed by atoms with van der Waals surface area (Å²) in [7, 11) is 0. The number of carbonyl (C=O) groups excluding carboxylic acids is 1. The second-order valence-electron chi connectivity index (χ2n) is 4.24. The summed E-state index contributed by atoms with van der Waals surface area (Å²) >= 11 is 5.64. The Labute approximate surface area is 123 Å². The molecule has 1 aliphatic heterocycles. The highest BCUT2D eigenvalue weighted by atomic mass is 127. The van der Waals surface area contributed by atoms with E-state index in [0.717, 1.165) is 33.2 Å². The van der Waals surface area contributed by atoms with Gasteiger partial charge in [-0.3, -0.25) is 4.79 Å². The third kappa shape index (κ3) is 3.93. The molecule has 1 aromatic rings. The first-order valence-electron chi connectivity index (χ1n) is 5.61. The molecule has 1 saturated heterocycles. The van der Waals surface area contributed by atoms with E-state index in [2.05, 4.69) is 49.2 Å². The number of rotatable bonds is 3. The van der Waals surface area contributed by atoms with Crippen molar-refractivity contribution in [3.05, 3.63) is 26.2 Å². The normalized spacial score (nSPS) is 19.3. The number of benzene rings is 1. The van der Waals surface area contributed by atoms with E-state index in [0.29, 0.717) is 12.3 Å². The third-order valence-electron chi connectivity index (χ3n) is 2.84. The minimum atomic E-state index is 0.106. The van der Waals surface area contributed by atoms with Gasteiger partial charge in [-0.1, -0.05) is 15.9 Å². The summed E-state index contributed by atoms with van der Waals surface area (Å²) in [5.41, 5.74) is 0.885. The lowest BCUT2D eigenvalue weighted by Gasteiger charge is -2.10. The van der Waals surface area contributed by atoms with E-state index in [-0.39, 0.29) is 5.91 Å². The molecule has 0 bridgehead atoms. The Morgan fingerprint density at radius 3 is 3.12 bits per heavy atom. The van der Waals surface area contributed by atoms with Crippen LogP contribution in [0.25, 0.3) is 0 Å². The zero-order valence-electron chi connectivity index (χ0n) is 9.30. The van der Waals surface area contributed by atoms with Crippen LogP contribution in [-0.2, 0) is 4.79 Å². The molecule has 1 atom stereocenters. The molecule has 92 valence electrons. The summed E-state index contributed by atoms with van der Waals surface area (Å²) in [5, 5.41) is 6.25. The fourth-order valence-corrected chi connectivity index (χ4v) is 2.78. The number of nitrogens with one attached hydrogen (secondary N) is 2. The molecule has 1 aliphatic rings. The molecule has 5 heteroatoms. The van der Waals surface area contributed by atoms with Crippen LogP contribution in [0.2, 0.25) is 0 Å². The van der Waals surface area contributed by atoms with Gasteiger partial charge in [0.1, 0.15) is 0 Å². The summed E-state index contributed by atoms with van der Waals surface area (Å²) < 4.78 is 2.04. The van der Waals surface area contributed by atoms with Crippen LogP contribution >= 0.6 is 38.5 Å². The number of hydrogen-bond donors (Lipinski definition) is 2. The van der Waals surface area contributed by atoms with E-state index in [1.807, 2.05) is 18.2 Å². The first-order chi connectivity index (χ1) is 8.15. The number of halogens is 2. The summed E-state index contributed by atoms with van der Waals surface area (Å²) in [6.45, 7) is 2.00. The first-order valence-corrected chi connectivity index (χ1v) is 7.48. The van der Waals surface area contributed by atoms with E-state index in [1.54, 1.807) is 0 Å². The fraction of sp³-hybridized carbons (Fsp3) is 0.417. The quantitative estimate of drug-likeness (QED) is 0.755. The molecule has 2 N–H and O–H groups in total. The predicted molar refractivity (Wildman–Crippen MR) is 81.1 cm³/mol. The van der Waals surface area contributed by atoms with Gasteiger partial charge in [0, 0.05) is 14.5 Å². The van der Waals surface area contributed by atoms with Crippen molar-refractivity contribution in [1.82, 2.24) is 5.32 Å². The topological polar surface area (TPSA) is 41.1 Å². The van der Waals surface area contributed by atoms with Gasteiger partial charge in [0.15, 0.2) is 0 Å². The highest BCUT2D eigenvalue weighted by Gasteiger charge is 2.18. The average Bonchev–Trinajstić information content (AvgIpc) is 2.76. The maximum absolute atomic E-state index is 11.9. The number of anilines is 1. The Balaban J connectivity index is 1.95. The molecule has 1 amide bonds. The average molecular weight is 409 g/mol. The van der Waals surface area contributed by atoms with E-state index in [9.17, 15) is 4.79 Å². The maximum Gasteiger partial charge on any atom is 0.224 e. The van der Waals surface area contributed by atoms with Crippen molar-refractivity contribution in [2.75, 3.05) is 18.4 Å². The van der Waals surface area contributed by atoms with Gasteiger partial charge in [0.25, 0.3) is 0 Å². The van der Waals surface area contributed by atoms with Gasteiger partial charge in [-0.2, -0.15) is 0 Å². The van der Waals surface area contributed by atoms with Crippen LogP contribution in [0.15, 0.2) is 22.7 Å². The van der Waals surface area contributed by atoms with Gasteiger partial charge in [0.2, 0.25) is 5.91 Å². The Bertz CT molecular complexity index is 419. The number of hydrogen-bond acceptors (Lipinski definition) is 2. The van der Waals surface area contributed by atoms with Crippen LogP contribution in [0.1, 0.15) is 12.8 Å². The Morgan fingerprint density at radius 2 is 2.41 bits per heavy atom. The Hall–Kier alpha value is -0.140. The second kappa shape index (κ2) is 6.15. The molecule has 0 radical (unpaired) electrons. The molecule has 0 saturated carbocycles. The summed E-state index contributed by atoms with van der Waals surface area (Å²) in [6.07, 6.45) is 1.71. The predicted octanol–water partition coefficient (Wildman–Crippen LogP) is 2.99. The van der Waals surface area contributed by atoms with Crippen LogP contribution in [0, 0.1) is 9.49 Å². The molecule has 3 nitrogen and oxygen atoms in total. The minimum Gasteiger partial charge on any atom is -0.325 e. The standard InChI is InChI=1S/C12H14BrIN2O/c13-9-1-2-10(14)11(6-9)16-12(17)5-8-3-4-15-7-8/h1-2,6,8,15H,3-5,7H2,(H,16,17).